The van der Waals surface area contributed by atoms with E-state index in [4.69, 9.17) is 9.47 Å². The van der Waals surface area contributed by atoms with Gasteiger partial charge in [-0.1, -0.05) is 27.7 Å². The second-order valence-corrected chi connectivity index (χ2v) is 5.40. The molecule has 1 atom stereocenters. The molecule has 0 aromatic heterocycles. The van der Waals surface area contributed by atoms with Crippen molar-refractivity contribution < 1.29 is 9.47 Å². The molecule has 0 amide bonds. The first kappa shape index (κ1) is 16.9. The normalized spacial score (nSPS) is 13.6. The van der Waals surface area contributed by atoms with Gasteiger partial charge in [-0.2, -0.15) is 0 Å². The van der Waals surface area contributed by atoms with E-state index in [-0.39, 0.29) is 0 Å². The number of nitrogens with one attached hydrogen (secondary N) is 1. The van der Waals surface area contributed by atoms with Gasteiger partial charge in [0, 0.05) is 12.6 Å². The van der Waals surface area contributed by atoms with Gasteiger partial charge in [0.1, 0.15) is 0 Å². The van der Waals surface area contributed by atoms with E-state index in [2.05, 4.69) is 39.9 Å². The Kier molecular flexibility index (Phi) is 10.9. The van der Waals surface area contributed by atoms with Gasteiger partial charge in [0.15, 0.2) is 0 Å². The Balaban J connectivity index is 3.20. The Bertz CT molecular complexity index is 160. The molecule has 0 rings (SSSR count). The quantitative estimate of drug-likeness (QED) is 0.568. The second kappa shape index (κ2) is 11.0. The number of ether oxygens (including phenoxy) is 2. The Morgan fingerprint density at radius 1 is 1.00 bits per heavy atom. The highest BCUT2D eigenvalue weighted by molar-refractivity contribution is 4.56. The van der Waals surface area contributed by atoms with Crippen molar-refractivity contribution in [2.45, 2.75) is 59.6 Å². The third-order valence-electron chi connectivity index (χ3n) is 2.42. The van der Waals surface area contributed by atoms with Crippen LogP contribution < -0.4 is 5.32 Å². The standard InChI is InChI=1S/C14H31NO2/c1-12(2)11-16-9-10-17-14(5)7-6-8-15-13(3)4/h12-15H,6-11H2,1-5H3. The maximum atomic E-state index is 5.68. The van der Waals surface area contributed by atoms with Crippen LogP contribution in [0.5, 0.6) is 0 Å². The summed E-state index contributed by atoms with van der Waals surface area (Å²) < 4.78 is 11.1. The third kappa shape index (κ3) is 13.8. The monoisotopic (exact) mass is 245 g/mol. The van der Waals surface area contributed by atoms with E-state index in [9.17, 15) is 0 Å². The van der Waals surface area contributed by atoms with E-state index >= 15 is 0 Å². The number of hydrogen-bond donors (Lipinski definition) is 1. The molecule has 0 bridgehead atoms. The van der Waals surface area contributed by atoms with Gasteiger partial charge in [-0.3, -0.25) is 0 Å². The van der Waals surface area contributed by atoms with Gasteiger partial charge in [0.05, 0.1) is 19.3 Å². The molecule has 0 radical (unpaired) electrons. The van der Waals surface area contributed by atoms with Crippen LogP contribution in [0.4, 0.5) is 0 Å². The fourth-order valence-electron chi connectivity index (χ4n) is 1.49. The predicted molar refractivity (Wildman–Crippen MR) is 73.4 cm³/mol. The summed E-state index contributed by atoms with van der Waals surface area (Å²) in [5.41, 5.74) is 0. The van der Waals surface area contributed by atoms with Crippen LogP contribution in [-0.4, -0.2) is 38.5 Å². The molecule has 3 heteroatoms. The summed E-state index contributed by atoms with van der Waals surface area (Å²) in [6.07, 6.45) is 2.63. The van der Waals surface area contributed by atoms with Gasteiger partial charge in [0.2, 0.25) is 0 Å². The van der Waals surface area contributed by atoms with Gasteiger partial charge in [-0.15, -0.1) is 0 Å². The summed E-state index contributed by atoms with van der Waals surface area (Å²) in [5.74, 6) is 0.606. The van der Waals surface area contributed by atoms with Crippen LogP contribution in [0.1, 0.15) is 47.5 Å². The molecular formula is C14H31NO2. The summed E-state index contributed by atoms with van der Waals surface area (Å²) in [4.78, 5) is 0. The van der Waals surface area contributed by atoms with Crippen molar-refractivity contribution in [2.24, 2.45) is 5.92 Å². The van der Waals surface area contributed by atoms with Crippen LogP contribution in [0.15, 0.2) is 0 Å². The zero-order chi connectivity index (χ0) is 13.1. The number of hydrogen-bond acceptors (Lipinski definition) is 3. The van der Waals surface area contributed by atoms with Crippen molar-refractivity contribution in [3.05, 3.63) is 0 Å². The summed E-state index contributed by atoms with van der Waals surface area (Å²) in [6, 6.07) is 0.579. The van der Waals surface area contributed by atoms with Gasteiger partial charge in [0.25, 0.3) is 0 Å². The lowest BCUT2D eigenvalue weighted by molar-refractivity contribution is 0.00285. The molecule has 0 spiro atoms. The molecule has 0 fully saturated rings. The van der Waals surface area contributed by atoms with Crippen LogP contribution >= 0.6 is 0 Å². The molecule has 0 aromatic carbocycles. The highest BCUT2D eigenvalue weighted by Gasteiger charge is 2.02. The van der Waals surface area contributed by atoms with Crippen LogP contribution in [0.2, 0.25) is 0 Å². The molecule has 1 unspecified atom stereocenters. The summed E-state index contributed by atoms with van der Waals surface area (Å²) in [6.45, 7) is 14.1. The maximum Gasteiger partial charge on any atom is 0.0704 e. The first-order valence-corrected chi connectivity index (χ1v) is 6.95. The topological polar surface area (TPSA) is 30.5 Å². The molecule has 1 N–H and O–H groups in total. The van der Waals surface area contributed by atoms with Crippen LogP contribution in [0.25, 0.3) is 0 Å². The second-order valence-electron chi connectivity index (χ2n) is 5.40. The van der Waals surface area contributed by atoms with Crippen molar-refractivity contribution in [1.82, 2.24) is 5.32 Å². The first-order chi connectivity index (χ1) is 8.02. The molecule has 0 aromatic rings. The molecule has 0 aliphatic rings. The predicted octanol–water partition coefficient (Wildman–Crippen LogP) is 2.84. The minimum absolute atomic E-state index is 0.339. The molecule has 0 aliphatic carbocycles. The molecule has 0 saturated carbocycles. The first-order valence-electron chi connectivity index (χ1n) is 6.95. The largest absolute Gasteiger partial charge is 0.379 e. The summed E-state index contributed by atoms with van der Waals surface area (Å²) in [5, 5.41) is 3.41. The van der Waals surface area contributed by atoms with Crippen LogP contribution in [0, 0.1) is 5.92 Å². The fraction of sp³-hybridized carbons (Fsp3) is 1.00. The third-order valence-corrected chi connectivity index (χ3v) is 2.42. The zero-order valence-electron chi connectivity index (χ0n) is 12.3. The average Bonchev–Trinajstić information content (AvgIpc) is 2.23. The molecule has 0 heterocycles. The highest BCUT2D eigenvalue weighted by Crippen LogP contribution is 2.01. The van der Waals surface area contributed by atoms with Crippen molar-refractivity contribution in [3.8, 4) is 0 Å². The molecule has 17 heavy (non-hydrogen) atoms. The van der Waals surface area contributed by atoms with E-state index in [0.717, 1.165) is 19.6 Å². The Morgan fingerprint density at radius 3 is 2.29 bits per heavy atom. The van der Waals surface area contributed by atoms with Crippen molar-refractivity contribution in [2.75, 3.05) is 26.4 Å². The zero-order valence-corrected chi connectivity index (χ0v) is 12.3. The molecule has 104 valence electrons. The lowest BCUT2D eigenvalue weighted by atomic mass is 10.2. The van der Waals surface area contributed by atoms with Crippen molar-refractivity contribution in [1.29, 1.82) is 0 Å². The Labute approximate surface area is 107 Å². The van der Waals surface area contributed by atoms with Gasteiger partial charge in [-0.25, -0.2) is 0 Å². The number of rotatable bonds is 11. The van der Waals surface area contributed by atoms with E-state index in [0.29, 0.717) is 31.3 Å². The van der Waals surface area contributed by atoms with Gasteiger partial charge < -0.3 is 14.8 Å². The van der Waals surface area contributed by atoms with E-state index in [1.807, 2.05) is 0 Å². The summed E-state index contributed by atoms with van der Waals surface area (Å²) in [7, 11) is 0. The van der Waals surface area contributed by atoms with Crippen molar-refractivity contribution in [3.63, 3.8) is 0 Å². The van der Waals surface area contributed by atoms with Gasteiger partial charge in [-0.05, 0) is 32.2 Å². The summed E-state index contributed by atoms with van der Waals surface area (Å²) >= 11 is 0. The Hall–Kier alpha value is -0.120. The lowest BCUT2D eigenvalue weighted by Gasteiger charge is -2.14. The lowest BCUT2D eigenvalue weighted by Crippen LogP contribution is -2.24. The maximum absolute atomic E-state index is 5.68. The van der Waals surface area contributed by atoms with Crippen LogP contribution in [-0.2, 0) is 9.47 Å². The molecular weight excluding hydrogens is 214 g/mol. The average molecular weight is 245 g/mol. The molecule has 3 nitrogen and oxygen atoms in total. The minimum Gasteiger partial charge on any atom is -0.379 e. The smallest absolute Gasteiger partial charge is 0.0704 e. The molecule has 0 aliphatic heterocycles. The van der Waals surface area contributed by atoms with Gasteiger partial charge >= 0.3 is 0 Å². The Morgan fingerprint density at radius 2 is 1.71 bits per heavy atom. The van der Waals surface area contributed by atoms with Crippen LogP contribution in [0.3, 0.4) is 0 Å². The highest BCUT2D eigenvalue weighted by atomic mass is 16.5. The van der Waals surface area contributed by atoms with Crippen molar-refractivity contribution >= 4 is 0 Å². The molecule has 0 saturated heterocycles. The minimum atomic E-state index is 0.339. The SMILES string of the molecule is CC(C)COCCOC(C)CCCNC(C)C. The van der Waals surface area contributed by atoms with E-state index in [1.165, 1.54) is 6.42 Å². The van der Waals surface area contributed by atoms with E-state index in [1.54, 1.807) is 0 Å². The van der Waals surface area contributed by atoms with E-state index < -0.39 is 0 Å². The fourth-order valence-corrected chi connectivity index (χ4v) is 1.49.